The highest BCUT2D eigenvalue weighted by Gasteiger charge is 2.11. The first kappa shape index (κ1) is 15.6. The number of ether oxygens (including phenoxy) is 1. The zero-order valence-corrected chi connectivity index (χ0v) is 14.4. The predicted octanol–water partition coefficient (Wildman–Crippen LogP) is 3.30. The van der Waals surface area contributed by atoms with Gasteiger partial charge in [0.1, 0.15) is 21.0 Å². The number of rotatable bonds is 4. The van der Waals surface area contributed by atoms with E-state index in [4.69, 9.17) is 4.74 Å². The quantitative estimate of drug-likeness (QED) is 0.878. The molecule has 0 aromatic heterocycles. The van der Waals surface area contributed by atoms with Gasteiger partial charge in [-0.05, 0) is 68.5 Å². The van der Waals surface area contributed by atoms with Crippen LogP contribution in [-0.4, -0.2) is 20.9 Å². The van der Waals surface area contributed by atoms with Crippen LogP contribution in [0.25, 0.3) is 0 Å². The molecule has 0 spiro atoms. The molecule has 0 aliphatic carbocycles. The first-order chi connectivity index (χ1) is 9.91. The fourth-order valence-corrected chi connectivity index (χ4v) is 3.44. The highest BCUT2D eigenvalue weighted by molar-refractivity contribution is 6.54. The van der Waals surface area contributed by atoms with Crippen LogP contribution in [-0.2, 0) is 0 Å². The lowest BCUT2D eigenvalue weighted by molar-refractivity contribution is 0.377. The van der Waals surface area contributed by atoms with Crippen molar-refractivity contribution in [2.24, 2.45) is 0 Å². The molecule has 3 heteroatoms. The summed E-state index contributed by atoms with van der Waals surface area (Å²) in [6.45, 7) is 10.2. The average Bonchev–Trinajstić information content (AvgIpc) is 2.44. The third-order valence-electron chi connectivity index (χ3n) is 4.08. The standard InChI is InChI=1S/C18H22O2Si/c1-11-7-6-8-17(13(11)3)21-10-20-18-12(2)9-16(19)14(4)15(18)5/h6-9,19H,10H2,1-5H3. The molecule has 0 atom stereocenters. The molecule has 0 amide bonds. The molecular formula is C18H22O2Si. The Morgan fingerprint density at radius 2 is 1.67 bits per heavy atom. The van der Waals surface area contributed by atoms with Crippen LogP contribution in [0.5, 0.6) is 11.5 Å². The molecule has 2 aromatic carbocycles. The highest BCUT2D eigenvalue weighted by Crippen LogP contribution is 2.32. The third kappa shape index (κ3) is 3.30. The van der Waals surface area contributed by atoms with Crippen molar-refractivity contribution in [2.45, 2.75) is 34.6 Å². The normalized spacial score (nSPS) is 10.7. The lowest BCUT2D eigenvalue weighted by atomic mass is 10.0. The minimum Gasteiger partial charge on any atom is -0.508 e. The van der Waals surface area contributed by atoms with E-state index in [1.165, 1.54) is 16.3 Å². The molecule has 0 heterocycles. The lowest BCUT2D eigenvalue weighted by Crippen LogP contribution is -2.24. The molecule has 0 saturated carbocycles. The average molecular weight is 298 g/mol. The van der Waals surface area contributed by atoms with Crippen molar-refractivity contribution < 1.29 is 9.84 Å². The van der Waals surface area contributed by atoms with Gasteiger partial charge in [0.25, 0.3) is 0 Å². The summed E-state index contributed by atoms with van der Waals surface area (Å²) >= 11 is 0. The van der Waals surface area contributed by atoms with E-state index in [1.807, 2.05) is 20.8 Å². The van der Waals surface area contributed by atoms with E-state index in [-0.39, 0.29) is 0 Å². The molecule has 0 unspecified atom stereocenters. The zero-order valence-electron chi connectivity index (χ0n) is 13.4. The molecule has 110 valence electrons. The molecular weight excluding hydrogens is 276 g/mol. The molecule has 21 heavy (non-hydrogen) atoms. The summed E-state index contributed by atoms with van der Waals surface area (Å²) in [5.74, 6) is 1.25. The van der Waals surface area contributed by atoms with Gasteiger partial charge in [-0.3, -0.25) is 0 Å². The van der Waals surface area contributed by atoms with Crippen LogP contribution in [0.2, 0.25) is 0 Å². The first-order valence-corrected chi connectivity index (χ1v) is 8.35. The second-order valence-electron chi connectivity index (χ2n) is 5.50. The monoisotopic (exact) mass is 298 g/mol. The number of hydrogen-bond donors (Lipinski definition) is 1. The van der Waals surface area contributed by atoms with Gasteiger partial charge >= 0.3 is 0 Å². The van der Waals surface area contributed by atoms with Gasteiger partial charge in [-0.15, -0.1) is 0 Å². The topological polar surface area (TPSA) is 29.5 Å². The second-order valence-corrected chi connectivity index (χ2v) is 6.69. The number of phenols is 1. The molecule has 0 fully saturated rings. The van der Waals surface area contributed by atoms with Gasteiger partial charge in [0.2, 0.25) is 0 Å². The predicted molar refractivity (Wildman–Crippen MR) is 89.1 cm³/mol. The van der Waals surface area contributed by atoms with Crippen LogP contribution in [0.15, 0.2) is 24.3 Å². The fourth-order valence-electron chi connectivity index (χ4n) is 2.39. The zero-order chi connectivity index (χ0) is 15.6. The number of hydrogen-bond acceptors (Lipinski definition) is 2. The summed E-state index contributed by atoms with van der Waals surface area (Å²) in [5, 5.41) is 11.2. The second kappa shape index (κ2) is 6.35. The lowest BCUT2D eigenvalue weighted by Gasteiger charge is -2.15. The Bertz CT molecular complexity index is 663. The van der Waals surface area contributed by atoms with Crippen molar-refractivity contribution in [1.29, 1.82) is 0 Å². The van der Waals surface area contributed by atoms with E-state index in [0.717, 1.165) is 22.4 Å². The molecule has 2 nitrogen and oxygen atoms in total. The van der Waals surface area contributed by atoms with Crippen molar-refractivity contribution >= 4 is 14.7 Å². The Kier molecular flexibility index (Phi) is 4.73. The Morgan fingerprint density at radius 1 is 0.952 bits per heavy atom. The van der Waals surface area contributed by atoms with Crippen LogP contribution >= 0.6 is 0 Å². The Morgan fingerprint density at radius 3 is 2.38 bits per heavy atom. The van der Waals surface area contributed by atoms with Gasteiger partial charge in [-0.1, -0.05) is 23.4 Å². The van der Waals surface area contributed by atoms with Crippen LogP contribution in [0.4, 0.5) is 0 Å². The summed E-state index contributed by atoms with van der Waals surface area (Å²) in [7, 11) is 0.627. The fraction of sp³-hybridized carbons (Fsp3) is 0.333. The summed E-state index contributed by atoms with van der Waals surface area (Å²) in [6, 6.07) is 8.19. The molecule has 0 bridgehead atoms. The Balaban J connectivity index is 2.11. The van der Waals surface area contributed by atoms with Crippen molar-refractivity contribution in [3.63, 3.8) is 0 Å². The molecule has 2 aromatic rings. The maximum absolute atomic E-state index is 9.82. The minimum absolute atomic E-state index is 0.342. The number of benzene rings is 2. The molecule has 2 rings (SSSR count). The van der Waals surface area contributed by atoms with Gasteiger partial charge in [0.05, 0.1) is 6.23 Å². The smallest absolute Gasteiger partial charge is 0.131 e. The van der Waals surface area contributed by atoms with Gasteiger partial charge < -0.3 is 9.84 Å². The van der Waals surface area contributed by atoms with Gasteiger partial charge in [-0.2, -0.15) is 0 Å². The van der Waals surface area contributed by atoms with E-state index in [1.54, 1.807) is 6.07 Å². The summed E-state index contributed by atoms with van der Waals surface area (Å²) in [5.41, 5.74) is 5.59. The van der Waals surface area contributed by atoms with E-state index in [0.29, 0.717) is 21.5 Å². The van der Waals surface area contributed by atoms with Crippen LogP contribution in [0.1, 0.15) is 27.8 Å². The van der Waals surface area contributed by atoms with E-state index in [2.05, 4.69) is 32.0 Å². The molecule has 1 N–H and O–H groups in total. The minimum atomic E-state index is 0.342. The SMILES string of the molecule is Cc1cccc([Si]COc2c(C)cc(O)c(C)c2C)c1C. The van der Waals surface area contributed by atoms with Crippen molar-refractivity contribution in [3.05, 3.63) is 52.1 Å². The van der Waals surface area contributed by atoms with Gasteiger partial charge in [0.15, 0.2) is 0 Å². The summed E-state index contributed by atoms with van der Waals surface area (Å²) < 4.78 is 6.00. The van der Waals surface area contributed by atoms with Gasteiger partial charge in [-0.25, -0.2) is 0 Å². The maximum atomic E-state index is 9.82. The highest BCUT2D eigenvalue weighted by atomic mass is 28.2. The molecule has 0 saturated heterocycles. The van der Waals surface area contributed by atoms with Crippen LogP contribution in [0.3, 0.4) is 0 Å². The van der Waals surface area contributed by atoms with E-state index in [9.17, 15) is 5.11 Å². The Labute approximate surface area is 129 Å². The van der Waals surface area contributed by atoms with Crippen molar-refractivity contribution in [2.75, 3.05) is 6.23 Å². The van der Waals surface area contributed by atoms with Crippen LogP contribution < -0.4 is 9.92 Å². The molecule has 0 aliphatic heterocycles. The van der Waals surface area contributed by atoms with E-state index >= 15 is 0 Å². The van der Waals surface area contributed by atoms with Gasteiger partial charge in [0, 0.05) is 0 Å². The van der Waals surface area contributed by atoms with Crippen molar-refractivity contribution in [3.8, 4) is 11.5 Å². The van der Waals surface area contributed by atoms with E-state index < -0.39 is 0 Å². The molecule has 2 radical (unpaired) electrons. The third-order valence-corrected chi connectivity index (χ3v) is 5.29. The molecule has 0 aliphatic rings. The van der Waals surface area contributed by atoms with Crippen LogP contribution in [0, 0.1) is 34.6 Å². The number of phenolic OH excluding ortho intramolecular Hbond substituents is 1. The number of aromatic hydroxyl groups is 1. The summed E-state index contributed by atoms with van der Waals surface area (Å²) in [4.78, 5) is 0. The van der Waals surface area contributed by atoms with Crippen molar-refractivity contribution in [1.82, 2.24) is 0 Å². The summed E-state index contributed by atoms with van der Waals surface area (Å²) in [6.07, 6.45) is 0.677. The Hall–Kier alpha value is -1.74. The first-order valence-electron chi connectivity index (χ1n) is 7.14. The maximum Gasteiger partial charge on any atom is 0.131 e. The number of aryl methyl sites for hydroxylation is 2. The largest absolute Gasteiger partial charge is 0.508 e.